The van der Waals surface area contributed by atoms with Crippen LogP contribution in [0.3, 0.4) is 0 Å². The van der Waals surface area contributed by atoms with Crippen molar-refractivity contribution >= 4 is 5.97 Å². The molecule has 0 aliphatic heterocycles. The maximum atomic E-state index is 11.2. The molecule has 2 heteroatoms. The first-order valence-electron chi connectivity index (χ1n) is 8.41. The second-order valence-corrected chi connectivity index (χ2v) is 6.59. The Hall–Kier alpha value is -1.31. The van der Waals surface area contributed by atoms with E-state index in [1.807, 2.05) is 0 Å². The van der Waals surface area contributed by atoms with Crippen molar-refractivity contribution in [3.05, 3.63) is 34.9 Å². The van der Waals surface area contributed by atoms with E-state index in [0.717, 1.165) is 38.5 Å². The molecule has 1 aromatic rings. The van der Waals surface area contributed by atoms with Crippen molar-refractivity contribution < 1.29 is 9.90 Å². The summed E-state index contributed by atoms with van der Waals surface area (Å²) in [6.07, 6.45) is 9.11. The highest BCUT2D eigenvalue weighted by atomic mass is 16.4. The van der Waals surface area contributed by atoms with Crippen LogP contribution in [0.1, 0.15) is 69.1 Å². The van der Waals surface area contributed by atoms with Crippen molar-refractivity contribution in [1.29, 1.82) is 0 Å². The van der Waals surface area contributed by atoms with Crippen LogP contribution in [0.25, 0.3) is 0 Å². The average molecular weight is 288 g/mol. The lowest BCUT2D eigenvalue weighted by Gasteiger charge is -2.27. The predicted octanol–water partition coefficient (Wildman–Crippen LogP) is 4.78. The molecule has 2 nitrogen and oxygen atoms in total. The van der Waals surface area contributed by atoms with Gasteiger partial charge in [0.05, 0.1) is 6.42 Å². The first-order valence-corrected chi connectivity index (χ1v) is 8.41. The fourth-order valence-electron chi connectivity index (χ4n) is 3.84. The van der Waals surface area contributed by atoms with Gasteiger partial charge in [0, 0.05) is 0 Å². The summed E-state index contributed by atoms with van der Waals surface area (Å²) in [6, 6.07) is 6.82. The van der Waals surface area contributed by atoms with Crippen LogP contribution in [0, 0.1) is 5.41 Å². The lowest BCUT2D eigenvalue weighted by Crippen LogP contribution is -2.22. The van der Waals surface area contributed by atoms with Crippen LogP contribution in [0.15, 0.2) is 18.2 Å². The van der Waals surface area contributed by atoms with Crippen LogP contribution in [0.5, 0.6) is 0 Å². The average Bonchev–Trinajstić information content (AvgIpc) is 2.92. The van der Waals surface area contributed by atoms with E-state index in [9.17, 15) is 9.90 Å². The van der Waals surface area contributed by atoms with Gasteiger partial charge < -0.3 is 5.11 Å². The molecule has 1 fully saturated rings. The summed E-state index contributed by atoms with van der Waals surface area (Å²) < 4.78 is 0. The Kier molecular flexibility index (Phi) is 5.44. The first kappa shape index (κ1) is 16.1. The fourth-order valence-corrected chi connectivity index (χ4v) is 3.84. The van der Waals surface area contributed by atoms with Gasteiger partial charge in [-0.2, -0.15) is 0 Å². The molecule has 2 rings (SSSR count). The predicted molar refractivity (Wildman–Crippen MR) is 86.7 cm³/mol. The molecule has 0 atom stereocenters. The SMILES string of the molecule is CCc1ccc(CC)c(CCC2(CC(=O)O)CCCC2)c1. The van der Waals surface area contributed by atoms with Crippen molar-refractivity contribution in [1.82, 2.24) is 0 Å². The highest BCUT2D eigenvalue weighted by Crippen LogP contribution is 2.45. The Labute approximate surface area is 128 Å². The monoisotopic (exact) mass is 288 g/mol. The van der Waals surface area contributed by atoms with Gasteiger partial charge in [0.2, 0.25) is 0 Å². The number of aliphatic carboxylic acids is 1. The van der Waals surface area contributed by atoms with Crippen molar-refractivity contribution in [3.63, 3.8) is 0 Å². The highest BCUT2D eigenvalue weighted by Gasteiger charge is 2.35. The van der Waals surface area contributed by atoms with E-state index < -0.39 is 5.97 Å². The molecule has 0 saturated heterocycles. The maximum Gasteiger partial charge on any atom is 0.303 e. The lowest BCUT2D eigenvalue weighted by atomic mass is 9.77. The molecule has 21 heavy (non-hydrogen) atoms. The van der Waals surface area contributed by atoms with Crippen molar-refractivity contribution in [3.8, 4) is 0 Å². The van der Waals surface area contributed by atoms with E-state index in [1.165, 1.54) is 29.5 Å². The standard InChI is InChI=1S/C19H28O2/c1-3-15-7-8-16(4-2)17(13-15)9-12-19(14-18(20)21)10-5-6-11-19/h7-8,13H,3-6,9-12,14H2,1-2H3,(H,20,21). The van der Waals surface area contributed by atoms with Gasteiger partial charge >= 0.3 is 5.97 Å². The lowest BCUT2D eigenvalue weighted by molar-refractivity contribution is -0.139. The van der Waals surface area contributed by atoms with Gasteiger partial charge in [0.15, 0.2) is 0 Å². The van der Waals surface area contributed by atoms with Crippen molar-refractivity contribution in [2.75, 3.05) is 0 Å². The zero-order valence-electron chi connectivity index (χ0n) is 13.5. The van der Waals surface area contributed by atoms with Gasteiger partial charge in [-0.25, -0.2) is 0 Å². The van der Waals surface area contributed by atoms with Crippen LogP contribution >= 0.6 is 0 Å². The molecular weight excluding hydrogens is 260 g/mol. The second kappa shape index (κ2) is 7.11. The van der Waals surface area contributed by atoms with Gasteiger partial charge in [-0.05, 0) is 60.6 Å². The number of hydrogen-bond acceptors (Lipinski definition) is 1. The normalized spacial score (nSPS) is 17.0. The van der Waals surface area contributed by atoms with Gasteiger partial charge in [-0.3, -0.25) is 4.79 Å². The number of aryl methyl sites for hydroxylation is 3. The minimum Gasteiger partial charge on any atom is -0.481 e. The fraction of sp³-hybridized carbons (Fsp3) is 0.632. The summed E-state index contributed by atoms with van der Waals surface area (Å²) in [5.74, 6) is -0.630. The van der Waals surface area contributed by atoms with Crippen LogP contribution in [0.4, 0.5) is 0 Å². The molecule has 116 valence electrons. The second-order valence-electron chi connectivity index (χ2n) is 6.59. The quantitative estimate of drug-likeness (QED) is 0.784. The van der Waals surface area contributed by atoms with Gasteiger partial charge in [-0.1, -0.05) is 44.9 Å². The van der Waals surface area contributed by atoms with Crippen molar-refractivity contribution in [2.24, 2.45) is 5.41 Å². The van der Waals surface area contributed by atoms with Crippen molar-refractivity contribution in [2.45, 2.75) is 71.6 Å². The molecule has 1 aromatic carbocycles. The molecule has 0 aromatic heterocycles. The minimum absolute atomic E-state index is 0.0546. The summed E-state index contributed by atoms with van der Waals surface area (Å²) in [5, 5.41) is 9.22. The number of carbonyl (C=O) groups is 1. The van der Waals surface area contributed by atoms with E-state index in [-0.39, 0.29) is 5.41 Å². The van der Waals surface area contributed by atoms with E-state index in [1.54, 1.807) is 0 Å². The van der Waals surface area contributed by atoms with Gasteiger partial charge in [-0.15, -0.1) is 0 Å². The largest absolute Gasteiger partial charge is 0.481 e. The number of carboxylic acid groups (broad SMARTS) is 1. The molecule has 0 unspecified atom stereocenters. The summed E-state index contributed by atoms with van der Waals surface area (Å²) in [4.78, 5) is 11.2. The van der Waals surface area contributed by atoms with Crippen LogP contribution in [0.2, 0.25) is 0 Å². The number of benzene rings is 1. The number of hydrogen-bond donors (Lipinski definition) is 1. The van der Waals surface area contributed by atoms with E-state index in [2.05, 4.69) is 32.0 Å². The third kappa shape index (κ3) is 4.09. The molecule has 1 aliphatic carbocycles. The summed E-state index contributed by atoms with van der Waals surface area (Å²) >= 11 is 0. The molecule has 0 bridgehead atoms. The van der Waals surface area contributed by atoms with E-state index in [0.29, 0.717) is 6.42 Å². The Morgan fingerprint density at radius 2 is 1.86 bits per heavy atom. The maximum absolute atomic E-state index is 11.2. The van der Waals surface area contributed by atoms with E-state index >= 15 is 0 Å². The summed E-state index contributed by atoms with van der Waals surface area (Å²) in [6.45, 7) is 4.39. The molecule has 0 radical (unpaired) electrons. The molecule has 0 spiro atoms. The molecule has 1 N–H and O–H groups in total. The summed E-state index contributed by atoms with van der Waals surface area (Å²) in [7, 11) is 0. The van der Waals surface area contributed by atoms with Crippen LogP contribution in [-0.4, -0.2) is 11.1 Å². The molecule has 1 saturated carbocycles. The Balaban J connectivity index is 2.11. The Morgan fingerprint density at radius 3 is 2.43 bits per heavy atom. The molecule has 0 heterocycles. The smallest absolute Gasteiger partial charge is 0.303 e. The first-order chi connectivity index (χ1) is 10.1. The zero-order valence-corrected chi connectivity index (χ0v) is 13.5. The minimum atomic E-state index is -0.630. The third-order valence-electron chi connectivity index (χ3n) is 5.17. The number of carboxylic acids is 1. The highest BCUT2D eigenvalue weighted by molar-refractivity contribution is 5.67. The molecule has 0 amide bonds. The topological polar surface area (TPSA) is 37.3 Å². The van der Waals surface area contributed by atoms with E-state index in [4.69, 9.17) is 0 Å². The van der Waals surface area contributed by atoms with Gasteiger partial charge in [0.25, 0.3) is 0 Å². The van der Waals surface area contributed by atoms with Gasteiger partial charge in [0.1, 0.15) is 0 Å². The number of rotatable bonds is 7. The third-order valence-corrected chi connectivity index (χ3v) is 5.17. The molecule has 1 aliphatic rings. The summed E-state index contributed by atoms with van der Waals surface area (Å²) in [5.41, 5.74) is 4.31. The molecular formula is C19H28O2. The zero-order chi connectivity index (χ0) is 15.3. The van der Waals surface area contributed by atoms with Crippen LogP contribution in [-0.2, 0) is 24.1 Å². The Bertz CT molecular complexity index is 484. The van der Waals surface area contributed by atoms with Crippen LogP contribution < -0.4 is 0 Å². The Morgan fingerprint density at radius 1 is 1.14 bits per heavy atom.